The van der Waals surface area contributed by atoms with Crippen LogP contribution in [0.25, 0.3) is 11.4 Å². The Balaban J connectivity index is 1.62. The molecule has 9 heteroatoms. The van der Waals surface area contributed by atoms with Gasteiger partial charge in [0.1, 0.15) is 6.61 Å². The third-order valence-electron chi connectivity index (χ3n) is 4.88. The number of nitrogens with one attached hydrogen (secondary N) is 2. The Morgan fingerprint density at radius 1 is 1.16 bits per heavy atom. The van der Waals surface area contributed by atoms with Crippen molar-refractivity contribution < 1.29 is 9.47 Å². The van der Waals surface area contributed by atoms with Gasteiger partial charge in [-0.3, -0.25) is 4.98 Å². The van der Waals surface area contributed by atoms with Gasteiger partial charge in [-0.25, -0.2) is 9.77 Å². The number of benzene rings is 2. The average Bonchev–Trinajstić information content (AvgIpc) is 3.18. The van der Waals surface area contributed by atoms with Crippen LogP contribution in [0.5, 0.6) is 11.5 Å². The second-order valence-electron chi connectivity index (χ2n) is 7.09. The molecule has 0 spiro atoms. The van der Waals surface area contributed by atoms with E-state index in [1.807, 2.05) is 36.4 Å². The lowest BCUT2D eigenvalue weighted by molar-refractivity contribution is 0.281. The maximum atomic E-state index is 6.23. The minimum atomic E-state index is 0.423. The van der Waals surface area contributed by atoms with E-state index in [4.69, 9.17) is 21.7 Å². The van der Waals surface area contributed by atoms with E-state index in [2.05, 4.69) is 55.6 Å². The number of halogens is 1. The summed E-state index contributed by atoms with van der Waals surface area (Å²) in [5.74, 6) is 1.98. The van der Waals surface area contributed by atoms with Crippen LogP contribution in [-0.4, -0.2) is 27.0 Å². The first-order chi connectivity index (χ1) is 15.6. The van der Waals surface area contributed by atoms with Gasteiger partial charge >= 0.3 is 0 Å². The van der Waals surface area contributed by atoms with Crippen LogP contribution < -0.4 is 14.9 Å². The van der Waals surface area contributed by atoms with Gasteiger partial charge in [0.2, 0.25) is 4.77 Å². The Morgan fingerprint density at radius 2 is 1.97 bits per heavy atom. The molecule has 0 fully saturated rings. The predicted octanol–water partition coefficient (Wildman–Crippen LogP) is 5.40. The molecular formula is C23H22BrN5O2S. The number of hydrogen-bond acceptors (Lipinski definition) is 6. The number of rotatable bonds is 8. The minimum Gasteiger partial charge on any atom is -0.493 e. The van der Waals surface area contributed by atoms with Crippen molar-refractivity contribution in [3.8, 4) is 22.9 Å². The molecule has 0 aliphatic heterocycles. The van der Waals surface area contributed by atoms with Crippen molar-refractivity contribution >= 4 is 28.1 Å². The van der Waals surface area contributed by atoms with E-state index in [0.717, 1.165) is 21.2 Å². The molecule has 0 unspecified atom stereocenters. The zero-order chi connectivity index (χ0) is 22.5. The lowest BCUT2D eigenvalue weighted by Crippen LogP contribution is -2.17. The predicted molar refractivity (Wildman–Crippen MR) is 130 cm³/mol. The summed E-state index contributed by atoms with van der Waals surface area (Å²) in [5, 5.41) is 7.19. The van der Waals surface area contributed by atoms with Crippen LogP contribution in [-0.2, 0) is 13.2 Å². The van der Waals surface area contributed by atoms with E-state index in [9.17, 15) is 0 Å². The number of ether oxygens (including phenoxy) is 2. The third kappa shape index (κ3) is 4.84. The summed E-state index contributed by atoms with van der Waals surface area (Å²) in [4.78, 5) is 4.06. The van der Waals surface area contributed by atoms with Crippen molar-refractivity contribution in [1.29, 1.82) is 0 Å². The van der Waals surface area contributed by atoms with E-state index in [1.165, 1.54) is 5.56 Å². The van der Waals surface area contributed by atoms with Gasteiger partial charge in [0.25, 0.3) is 0 Å². The van der Waals surface area contributed by atoms with E-state index in [-0.39, 0.29) is 0 Å². The minimum absolute atomic E-state index is 0.423. The van der Waals surface area contributed by atoms with Crippen LogP contribution in [0.2, 0.25) is 0 Å². The molecule has 0 amide bonds. The fourth-order valence-corrected chi connectivity index (χ4v) is 3.97. The fraction of sp³-hybridized carbons (Fsp3) is 0.174. The molecule has 2 aromatic carbocycles. The molecule has 0 aliphatic carbocycles. The Bertz CT molecular complexity index is 1270. The van der Waals surface area contributed by atoms with Crippen molar-refractivity contribution in [2.45, 2.75) is 20.1 Å². The Morgan fingerprint density at radius 3 is 2.72 bits per heavy atom. The molecule has 0 atom stereocenters. The largest absolute Gasteiger partial charge is 0.493 e. The first-order valence-corrected chi connectivity index (χ1v) is 11.1. The molecule has 0 saturated carbocycles. The van der Waals surface area contributed by atoms with Gasteiger partial charge in [0.05, 0.1) is 13.7 Å². The summed E-state index contributed by atoms with van der Waals surface area (Å²) in [6.45, 7) is 2.91. The third-order valence-corrected chi connectivity index (χ3v) is 5.89. The summed E-state index contributed by atoms with van der Waals surface area (Å²) in [6, 6.07) is 15.8. The van der Waals surface area contributed by atoms with Gasteiger partial charge in [-0.1, -0.05) is 45.8 Å². The second kappa shape index (κ2) is 9.97. The molecule has 2 aromatic heterocycles. The lowest BCUT2D eigenvalue weighted by atomic mass is 10.1. The van der Waals surface area contributed by atoms with Crippen molar-refractivity contribution in [2.24, 2.45) is 0 Å². The van der Waals surface area contributed by atoms with Gasteiger partial charge in [-0.15, -0.1) is 0 Å². The Hall–Kier alpha value is -3.17. The zero-order valence-electron chi connectivity index (χ0n) is 17.6. The van der Waals surface area contributed by atoms with Crippen LogP contribution in [0.1, 0.15) is 16.7 Å². The van der Waals surface area contributed by atoms with E-state index in [0.29, 0.717) is 35.2 Å². The van der Waals surface area contributed by atoms with Crippen LogP contribution in [0.15, 0.2) is 65.4 Å². The molecule has 2 heterocycles. The van der Waals surface area contributed by atoms with E-state index in [1.54, 1.807) is 24.2 Å². The highest BCUT2D eigenvalue weighted by atomic mass is 79.9. The smallest absolute Gasteiger partial charge is 0.214 e. The fourth-order valence-electron chi connectivity index (χ4n) is 3.32. The molecule has 7 nitrogen and oxygen atoms in total. The van der Waals surface area contributed by atoms with Crippen molar-refractivity contribution in [2.75, 3.05) is 12.5 Å². The summed E-state index contributed by atoms with van der Waals surface area (Å²) in [7, 11) is 1.63. The van der Waals surface area contributed by atoms with Crippen molar-refractivity contribution in [1.82, 2.24) is 19.9 Å². The SMILES string of the molecule is COc1ccc(Br)c(CNn2c(-c3ccncc3)n[nH]c2=S)c1OCc1cccc(C)c1. The normalized spacial score (nSPS) is 10.7. The van der Waals surface area contributed by atoms with Gasteiger partial charge < -0.3 is 14.9 Å². The summed E-state index contributed by atoms with van der Waals surface area (Å²) >= 11 is 9.08. The van der Waals surface area contributed by atoms with Gasteiger partial charge in [-0.2, -0.15) is 5.10 Å². The molecule has 2 N–H and O–H groups in total. The summed E-state index contributed by atoms with van der Waals surface area (Å²) < 4.78 is 14.9. The number of pyridine rings is 1. The summed E-state index contributed by atoms with van der Waals surface area (Å²) in [6.07, 6.45) is 3.43. The molecule has 0 bridgehead atoms. The number of hydrogen-bond donors (Lipinski definition) is 2. The highest BCUT2D eigenvalue weighted by Gasteiger charge is 2.16. The zero-order valence-corrected chi connectivity index (χ0v) is 20.0. The Kier molecular flexibility index (Phi) is 6.87. The first kappa shape index (κ1) is 22.0. The maximum Gasteiger partial charge on any atom is 0.214 e. The molecule has 0 aliphatic rings. The topological polar surface area (TPSA) is 77.0 Å². The number of aromatic nitrogens is 4. The van der Waals surface area contributed by atoms with Crippen molar-refractivity contribution in [3.63, 3.8) is 0 Å². The maximum absolute atomic E-state index is 6.23. The summed E-state index contributed by atoms with van der Waals surface area (Å²) in [5.41, 5.74) is 7.42. The van der Waals surface area contributed by atoms with Gasteiger partial charge in [0, 0.05) is 28.0 Å². The van der Waals surface area contributed by atoms with Crippen LogP contribution in [0.3, 0.4) is 0 Å². The number of aromatic amines is 1. The molecular weight excluding hydrogens is 490 g/mol. The number of aryl methyl sites for hydroxylation is 1. The number of H-pyrrole nitrogens is 1. The molecule has 4 aromatic rings. The average molecular weight is 512 g/mol. The molecule has 0 saturated heterocycles. The van der Waals surface area contributed by atoms with Gasteiger partial charge in [0.15, 0.2) is 17.3 Å². The Labute approximate surface area is 199 Å². The van der Waals surface area contributed by atoms with Crippen LogP contribution in [0.4, 0.5) is 0 Å². The molecule has 4 rings (SSSR count). The highest BCUT2D eigenvalue weighted by molar-refractivity contribution is 9.10. The van der Waals surface area contributed by atoms with Gasteiger partial charge in [-0.05, 0) is 49.0 Å². The quantitative estimate of drug-likeness (QED) is 0.308. The van der Waals surface area contributed by atoms with E-state index >= 15 is 0 Å². The second-order valence-corrected chi connectivity index (χ2v) is 8.33. The highest BCUT2D eigenvalue weighted by Crippen LogP contribution is 2.37. The van der Waals surface area contributed by atoms with Crippen LogP contribution >= 0.6 is 28.1 Å². The number of nitrogens with zero attached hydrogens (tertiary/aromatic N) is 3. The van der Waals surface area contributed by atoms with Crippen LogP contribution in [0, 0.1) is 11.7 Å². The number of methoxy groups -OCH3 is 1. The molecule has 0 radical (unpaired) electrons. The van der Waals surface area contributed by atoms with E-state index < -0.39 is 0 Å². The lowest BCUT2D eigenvalue weighted by Gasteiger charge is -2.18. The molecule has 164 valence electrons. The molecule has 32 heavy (non-hydrogen) atoms. The first-order valence-electron chi connectivity index (χ1n) is 9.92. The van der Waals surface area contributed by atoms with Crippen molar-refractivity contribution in [3.05, 3.63) is 86.9 Å². The monoisotopic (exact) mass is 511 g/mol. The standard InChI is InChI=1S/C23H22BrN5O2S/c1-15-4-3-5-16(12-15)14-31-21-18(19(24)6-7-20(21)30-2)13-26-29-22(27-28-23(29)32)17-8-10-25-11-9-17/h3-12,26H,13-14H2,1-2H3,(H,28,32).